The van der Waals surface area contributed by atoms with Crippen LogP contribution in [0.25, 0.3) is 0 Å². The van der Waals surface area contributed by atoms with E-state index in [2.05, 4.69) is 46.3 Å². The van der Waals surface area contributed by atoms with Gasteiger partial charge in [0.2, 0.25) is 0 Å². The van der Waals surface area contributed by atoms with Gasteiger partial charge in [-0.05, 0) is 24.5 Å². The van der Waals surface area contributed by atoms with Gasteiger partial charge in [0.15, 0.2) is 5.96 Å². The third kappa shape index (κ3) is 6.58. The molecule has 6 nitrogen and oxygen atoms in total. The zero-order valence-corrected chi connectivity index (χ0v) is 18.9. The van der Waals surface area contributed by atoms with E-state index < -0.39 is 0 Å². The molecular weight excluding hydrogens is 455 g/mol. The van der Waals surface area contributed by atoms with E-state index in [4.69, 9.17) is 14.5 Å². The van der Waals surface area contributed by atoms with Crippen molar-refractivity contribution in [2.24, 2.45) is 4.99 Å². The van der Waals surface area contributed by atoms with Gasteiger partial charge in [0, 0.05) is 45.9 Å². The Labute approximate surface area is 180 Å². The van der Waals surface area contributed by atoms with Gasteiger partial charge >= 0.3 is 0 Å². The zero-order chi connectivity index (χ0) is 18.2. The Hall–Kier alpha value is -0.900. The van der Waals surface area contributed by atoms with Crippen LogP contribution in [0.5, 0.6) is 0 Å². The maximum absolute atomic E-state index is 5.48. The fraction of sp³-hybridized carbons (Fsp3) is 0.650. The maximum atomic E-state index is 5.48. The number of morpholine rings is 1. The molecule has 1 aromatic carbocycles. The molecule has 2 heterocycles. The number of aliphatic imine (C=N–C) groups is 1. The van der Waals surface area contributed by atoms with Gasteiger partial charge in [-0.1, -0.05) is 24.3 Å². The smallest absolute Gasteiger partial charge is 0.194 e. The molecule has 0 spiro atoms. The third-order valence-electron chi connectivity index (χ3n) is 5.11. The summed E-state index contributed by atoms with van der Waals surface area (Å²) >= 11 is 0. The van der Waals surface area contributed by atoms with Crippen molar-refractivity contribution in [3.05, 3.63) is 35.4 Å². The van der Waals surface area contributed by atoms with Gasteiger partial charge in [0.05, 0.1) is 26.4 Å². The molecule has 2 saturated heterocycles. The van der Waals surface area contributed by atoms with E-state index in [1.54, 1.807) is 7.11 Å². The second kappa shape index (κ2) is 11.8. The zero-order valence-electron chi connectivity index (χ0n) is 16.5. The summed E-state index contributed by atoms with van der Waals surface area (Å²) in [5.74, 6) is 1.03. The standard InChI is InChI=1S/C20H32N4O2.HI/c1-3-21-20(22-14-17-4-6-18(7-5-17)16-25-2)24-9-8-19(15-24)23-10-12-26-13-11-23;/h4-7,19H,3,8-16H2,1-2H3,(H,21,22);1H. The lowest BCUT2D eigenvalue weighted by atomic mass is 10.1. The van der Waals surface area contributed by atoms with Gasteiger partial charge in [-0.3, -0.25) is 4.90 Å². The van der Waals surface area contributed by atoms with Crippen LogP contribution in [0, 0.1) is 0 Å². The predicted molar refractivity (Wildman–Crippen MR) is 120 cm³/mol. The first kappa shape index (κ1) is 22.4. The molecule has 2 aliphatic rings. The van der Waals surface area contributed by atoms with Crippen molar-refractivity contribution in [1.29, 1.82) is 0 Å². The highest BCUT2D eigenvalue weighted by Crippen LogP contribution is 2.17. The number of halogens is 1. The number of likely N-dealkylation sites (tertiary alicyclic amines) is 1. The number of hydrogen-bond donors (Lipinski definition) is 1. The molecule has 1 atom stereocenters. The summed E-state index contributed by atoms with van der Waals surface area (Å²) in [6.07, 6.45) is 1.20. The summed E-state index contributed by atoms with van der Waals surface area (Å²) < 4.78 is 10.7. The Morgan fingerprint density at radius 2 is 1.89 bits per heavy atom. The van der Waals surface area contributed by atoms with Crippen LogP contribution in [0.15, 0.2) is 29.3 Å². The number of hydrogen-bond acceptors (Lipinski definition) is 4. The largest absolute Gasteiger partial charge is 0.380 e. The average molecular weight is 488 g/mol. The van der Waals surface area contributed by atoms with Gasteiger partial charge in [-0.15, -0.1) is 24.0 Å². The highest BCUT2D eigenvalue weighted by Gasteiger charge is 2.30. The summed E-state index contributed by atoms with van der Waals surface area (Å²) in [7, 11) is 1.72. The van der Waals surface area contributed by atoms with Crippen molar-refractivity contribution >= 4 is 29.9 Å². The average Bonchev–Trinajstić information content (AvgIpc) is 3.17. The molecule has 1 unspecified atom stereocenters. The van der Waals surface area contributed by atoms with Crippen LogP contribution in [-0.4, -0.2) is 74.8 Å². The van der Waals surface area contributed by atoms with Crippen molar-refractivity contribution < 1.29 is 9.47 Å². The molecule has 0 aromatic heterocycles. The van der Waals surface area contributed by atoms with Crippen LogP contribution in [0.1, 0.15) is 24.5 Å². The summed E-state index contributed by atoms with van der Waals surface area (Å²) in [5.41, 5.74) is 2.42. The minimum absolute atomic E-state index is 0. The Morgan fingerprint density at radius 1 is 1.19 bits per heavy atom. The van der Waals surface area contributed by atoms with Gasteiger partial charge in [0.1, 0.15) is 0 Å². The summed E-state index contributed by atoms with van der Waals surface area (Å²) in [6.45, 7) is 10.3. The summed E-state index contributed by atoms with van der Waals surface area (Å²) in [5, 5.41) is 3.46. The molecule has 7 heteroatoms. The lowest BCUT2D eigenvalue weighted by Gasteiger charge is -2.32. The second-order valence-electron chi connectivity index (χ2n) is 6.96. The van der Waals surface area contributed by atoms with Crippen molar-refractivity contribution in [3.8, 4) is 0 Å². The third-order valence-corrected chi connectivity index (χ3v) is 5.11. The fourth-order valence-electron chi connectivity index (χ4n) is 3.67. The van der Waals surface area contributed by atoms with Crippen molar-refractivity contribution in [1.82, 2.24) is 15.1 Å². The topological polar surface area (TPSA) is 49.3 Å². The van der Waals surface area contributed by atoms with E-state index in [9.17, 15) is 0 Å². The van der Waals surface area contributed by atoms with Gasteiger partial charge in [0.25, 0.3) is 0 Å². The monoisotopic (exact) mass is 488 g/mol. The Kier molecular flexibility index (Phi) is 9.81. The summed E-state index contributed by atoms with van der Waals surface area (Å²) in [4.78, 5) is 9.85. The Morgan fingerprint density at radius 3 is 2.56 bits per heavy atom. The van der Waals surface area contributed by atoms with Crippen LogP contribution in [-0.2, 0) is 22.6 Å². The molecule has 0 radical (unpaired) electrons. The van der Waals surface area contributed by atoms with E-state index in [-0.39, 0.29) is 24.0 Å². The van der Waals surface area contributed by atoms with Crippen LogP contribution in [0.2, 0.25) is 0 Å². The van der Waals surface area contributed by atoms with E-state index in [1.165, 1.54) is 17.5 Å². The molecule has 152 valence electrons. The number of rotatable bonds is 6. The SMILES string of the molecule is CCNC(=NCc1ccc(COC)cc1)N1CCC(N2CCOCC2)C1.I. The minimum atomic E-state index is 0. The van der Waals surface area contributed by atoms with Crippen LogP contribution >= 0.6 is 24.0 Å². The lowest BCUT2D eigenvalue weighted by molar-refractivity contribution is 0.0195. The first-order chi connectivity index (χ1) is 12.8. The van der Waals surface area contributed by atoms with E-state index in [0.717, 1.165) is 51.9 Å². The molecular formula is C20H33IN4O2. The molecule has 1 aromatic rings. The summed E-state index contributed by atoms with van der Waals surface area (Å²) in [6, 6.07) is 9.14. The van der Waals surface area contributed by atoms with Gasteiger partial charge in [-0.2, -0.15) is 0 Å². The van der Waals surface area contributed by atoms with Gasteiger partial charge in [-0.25, -0.2) is 4.99 Å². The number of methoxy groups -OCH3 is 1. The van der Waals surface area contributed by atoms with E-state index in [1.807, 2.05) is 0 Å². The molecule has 0 aliphatic carbocycles. The van der Waals surface area contributed by atoms with Crippen molar-refractivity contribution in [2.75, 3.05) is 53.0 Å². The first-order valence-electron chi connectivity index (χ1n) is 9.72. The molecule has 0 amide bonds. The highest BCUT2D eigenvalue weighted by molar-refractivity contribution is 14.0. The van der Waals surface area contributed by atoms with E-state index in [0.29, 0.717) is 19.2 Å². The van der Waals surface area contributed by atoms with Crippen LogP contribution in [0.3, 0.4) is 0 Å². The minimum Gasteiger partial charge on any atom is -0.380 e. The molecule has 0 saturated carbocycles. The number of ether oxygens (including phenoxy) is 2. The van der Waals surface area contributed by atoms with E-state index >= 15 is 0 Å². The molecule has 1 N–H and O–H groups in total. The Balaban J connectivity index is 0.00000261. The van der Waals surface area contributed by atoms with Crippen molar-refractivity contribution in [2.45, 2.75) is 32.5 Å². The molecule has 0 bridgehead atoms. The lowest BCUT2D eigenvalue weighted by Crippen LogP contribution is -2.46. The molecule has 2 fully saturated rings. The molecule has 3 rings (SSSR count). The van der Waals surface area contributed by atoms with Crippen molar-refractivity contribution in [3.63, 3.8) is 0 Å². The van der Waals surface area contributed by atoms with Crippen LogP contribution in [0.4, 0.5) is 0 Å². The second-order valence-corrected chi connectivity index (χ2v) is 6.96. The predicted octanol–water partition coefficient (Wildman–Crippen LogP) is 2.32. The normalized spacial score (nSPS) is 21.2. The molecule has 27 heavy (non-hydrogen) atoms. The number of guanidine groups is 1. The highest BCUT2D eigenvalue weighted by atomic mass is 127. The maximum Gasteiger partial charge on any atom is 0.194 e. The first-order valence-corrected chi connectivity index (χ1v) is 9.72. The number of nitrogens with zero attached hydrogens (tertiary/aromatic N) is 3. The molecule has 2 aliphatic heterocycles. The number of nitrogens with one attached hydrogen (secondary N) is 1. The quantitative estimate of drug-likeness (QED) is 0.379. The Bertz CT molecular complexity index is 576. The van der Waals surface area contributed by atoms with Gasteiger partial charge < -0.3 is 19.7 Å². The number of benzene rings is 1. The van der Waals surface area contributed by atoms with Crippen LogP contribution < -0.4 is 5.32 Å². The fourth-order valence-corrected chi connectivity index (χ4v) is 3.67.